The van der Waals surface area contributed by atoms with Crippen LogP contribution in [-0.4, -0.2) is 11.1 Å². The molecule has 1 heterocycles. The summed E-state index contributed by atoms with van der Waals surface area (Å²) in [6, 6.07) is 0. The fourth-order valence-corrected chi connectivity index (χ4v) is 0.929. The van der Waals surface area contributed by atoms with Crippen LogP contribution in [0.1, 0.15) is 0 Å². The summed E-state index contributed by atoms with van der Waals surface area (Å²) in [5.74, 6) is -0.892. The van der Waals surface area contributed by atoms with Gasteiger partial charge >= 0.3 is 5.97 Å². The van der Waals surface area contributed by atoms with E-state index in [0.717, 1.165) is 11.9 Å². The average Bonchev–Trinajstić information content (AvgIpc) is 1.90. The molecule has 0 radical (unpaired) electrons. The van der Waals surface area contributed by atoms with Crippen LogP contribution in [-0.2, 0) is 4.79 Å². The van der Waals surface area contributed by atoms with E-state index in [0.29, 0.717) is 4.91 Å². The summed E-state index contributed by atoms with van der Waals surface area (Å²) in [7, 11) is 0. The van der Waals surface area contributed by atoms with Crippen molar-refractivity contribution in [3.63, 3.8) is 0 Å². The average molecular weight is 143 g/mol. The second kappa shape index (κ2) is 2.59. The monoisotopic (exact) mass is 143 g/mol. The molecule has 0 saturated heterocycles. The summed E-state index contributed by atoms with van der Waals surface area (Å²) in [6.45, 7) is 0. The van der Waals surface area contributed by atoms with Gasteiger partial charge in [-0.05, 0) is 24.1 Å². The molecule has 0 aromatic rings. The van der Waals surface area contributed by atoms with E-state index in [1.807, 2.05) is 0 Å². The standard InChI is InChI=1S/C5H5NO2S/c7-5(8)4-2-1-3-6-9-4/h1-3,6H,(H,7,8). The SMILES string of the molecule is O=C(O)C1=CC=CNS1. The van der Waals surface area contributed by atoms with Crippen LogP contribution in [0.5, 0.6) is 0 Å². The highest BCUT2D eigenvalue weighted by Gasteiger charge is 2.07. The largest absolute Gasteiger partial charge is 0.477 e. The lowest BCUT2D eigenvalue weighted by molar-refractivity contribution is -0.131. The minimum atomic E-state index is -0.892. The minimum absolute atomic E-state index is 0.317. The van der Waals surface area contributed by atoms with E-state index in [-0.39, 0.29) is 0 Å². The van der Waals surface area contributed by atoms with Crippen LogP contribution in [0.15, 0.2) is 23.3 Å². The van der Waals surface area contributed by atoms with E-state index in [1.165, 1.54) is 0 Å². The molecule has 0 bridgehead atoms. The van der Waals surface area contributed by atoms with Crippen LogP contribution >= 0.6 is 11.9 Å². The first-order valence-corrected chi connectivity index (χ1v) is 3.15. The summed E-state index contributed by atoms with van der Waals surface area (Å²) in [5.41, 5.74) is 0. The molecule has 1 aliphatic heterocycles. The highest BCUT2D eigenvalue weighted by atomic mass is 32.2. The number of hydrogen-bond acceptors (Lipinski definition) is 3. The maximum atomic E-state index is 10.2. The van der Waals surface area contributed by atoms with E-state index in [4.69, 9.17) is 5.11 Å². The third-order valence-electron chi connectivity index (χ3n) is 0.792. The van der Waals surface area contributed by atoms with Gasteiger partial charge in [0.2, 0.25) is 0 Å². The van der Waals surface area contributed by atoms with Gasteiger partial charge in [-0.25, -0.2) is 4.79 Å². The number of carboxylic acids is 1. The smallest absolute Gasteiger partial charge is 0.343 e. The third-order valence-corrected chi connectivity index (χ3v) is 1.58. The molecule has 0 atom stereocenters. The zero-order valence-corrected chi connectivity index (χ0v) is 5.31. The molecule has 1 rings (SSSR count). The molecule has 0 saturated carbocycles. The minimum Gasteiger partial charge on any atom is -0.477 e. The Kier molecular flexibility index (Phi) is 1.79. The van der Waals surface area contributed by atoms with Crippen molar-refractivity contribution in [2.75, 3.05) is 0 Å². The molecule has 0 aliphatic carbocycles. The summed E-state index contributed by atoms with van der Waals surface area (Å²) in [4.78, 5) is 10.5. The molecule has 0 aromatic heterocycles. The molecule has 0 amide bonds. The van der Waals surface area contributed by atoms with Gasteiger partial charge < -0.3 is 9.83 Å². The number of hydrogen-bond donors (Lipinski definition) is 2. The quantitative estimate of drug-likeness (QED) is 0.531. The van der Waals surface area contributed by atoms with Gasteiger partial charge in [0.15, 0.2) is 0 Å². The van der Waals surface area contributed by atoms with Crippen molar-refractivity contribution in [3.8, 4) is 0 Å². The molecule has 0 aromatic carbocycles. The first-order valence-electron chi connectivity index (χ1n) is 2.33. The van der Waals surface area contributed by atoms with E-state index in [2.05, 4.69) is 4.72 Å². The Morgan fingerprint density at radius 1 is 1.78 bits per heavy atom. The Morgan fingerprint density at radius 3 is 2.89 bits per heavy atom. The predicted molar refractivity (Wildman–Crippen MR) is 35.6 cm³/mol. The fraction of sp³-hybridized carbons (Fsp3) is 0. The number of carbonyl (C=O) groups is 1. The van der Waals surface area contributed by atoms with Crippen molar-refractivity contribution in [2.24, 2.45) is 0 Å². The van der Waals surface area contributed by atoms with Crippen molar-refractivity contribution in [1.29, 1.82) is 0 Å². The molecular weight excluding hydrogens is 138 g/mol. The van der Waals surface area contributed by atoms with Crippen LogP contribution in [0.4, 0.5) is 0 Å². The third kappa shape index (κ3) is 1.50. The maximum absolute atomic E-state index is 10.2. The first kappa shape index (κ1) is 6.22. The van der Waals surface area contributed by atoms with Crippen molar-refractivity contribution in [2.45, 2.75) is 0 Å². The van der Waals surface area contributed by atoms with Gasteiger partial charge in [-0.3, -0.25) is 0 Å². The Bertz CT molecular complexity index is 185. The zero-order chi connectivity index (χ0) is 6.69. The highest BCUT2D eigenvalue weighted by Crippen LogP contribution is 2.14. The van der Waals surface area contributed by atoms with E-state index < -0.39 is 5.97 Å². The maximum Gasteiger partial charge on any atom is 0.343 e. The number of carboxylic acid groups (broad SMARTS) is 1. The number of rotatable bonds is 1. The lowest BCUT2D eigenvalue weighted by Gasteiger charge is -2.02. The predicted octanol–water partition coefficient (Wildman–Crippen LogP) is 0.720. The van der Waals surface area contributed by atoms with Crippen LogP contribution in [0.25, 0.3) is 0 Å². The van der Waals surface area contributed by atoms with Crippen molar-refractivity contribution in [1.82, 2.24) is 4.72 Å². The van der Waals surface area contributed by atoms with Crippen LogP contribution < -0.4 is 4.72 Å². The molecule has 0 unspecified atom stereocenters. The summed E-state index contributed by atoms with van der Waals surface area (Å²) in [6.07, 6.45) is 4.88. The molecule has 2 N–H and O–H groups in total. The van der Waals surface area contributed by atoms with Gasteiger partial charge in [-0.15, -0.1) is 0 Å². The van der Waals surface area contributed by atoms with Gasteiger partial charge in [0.1, 0.15) is 4.91 Å². The summed E-state index contributed by atoms with van der Waals surface area (Å²) < 4.78 is 2.70. The lowest BCUT2D eigenvalue weighted by Crippen LogP contribution is -2.04. The van der Waals surface area contributed by atoms with Crippen molar-refractivity contribution < 1.29 is 9.90 Å². The summed E-state index contributed by atoms with van der Waals surface area (Å²) >= 11 is 1.10. The summed E-state index contributed by atoms with van der Waals surface area (Å²) in [5, 5.41) is 8.38. The van der Waals surface area contributed by atoms with Gasteiger partial charge in [0.25, 0.3) is 0 Å². The second-order valence-corrected chi connectivity index (χ2v) is 2.29. The van der Waals surface area contributed by atoms with E-state index in [9.17, 15) is 4.79 Å². The topological polar surface area (TPSA) is 49.3 Å². The van der Waals surface area contributed by atoms with Crippen LogP contribution in [0.2, 0.25) is 0 Å². The Hall–Kier alpha value is -0.900. The van der Waals surface area contributed by atoms with Crippen LogP contribution in [0, 0.1) is 0 Å². The van der Waals surface area contributed by atoms with Crippen molar-refractivity contribution >= 4 is 17.9 Å². The normalized spacial score (nSPS) is 16.2. The van der Waals surface area contributed by atoms with E-state index >= 15 is 0 Å². The van der Waals surface area contributed by atoms with Gasteiger partial charge in [-0.2, -0.15) is 0 Å². The fourth-order valence-electron chi connectivity index (χ4n) is 0.421. The number of allylic oxidation sites excluding steroid dienone is 2. The van der Waals surface area contributed by atoms with Gasteiger partial charge in [0.05, 0.1) is 0 Å². The molecule has 3 nitrogen and oxygen atoms in total. The molecule has 48 valence electrons. The molecule has 1 aliphatic rings. The second-order valence-electron chi connectivity index (χ2n) is 1.42. The van der Waals surface area contributed by atoms with Gasteiger partial charge in [0, 0.05) is 6.20 Å². The zero-order valence-electron chi connectivity index (χ0n) is 4.50. The number of nitrogens with one attached hydrogen (secondary N) is 1. The molecule has 9 heavy (non-hydrogen) atoms. The number of aliphatic carboxylic acids is 1. The van der Waals surface area contributed by atoms with Gasteiger partial charge in [-0.1, -0.05) is 0 Å². The molecule has 0 spiro atoms. The molecule has 4 heteroatoms. The Balaban J connectivity index is 2.68. The highest BCUT2D eigenvalue weighted by molar-refractivity contribution is 8.02. The lowest BCUT2D eigenvalue weighted by atomic mass is 10.5. The van der Waals surface area contributed by atoms with Crippen LogP contribution in [0.3, 0.4) is 0 Å². The first-order chi connectivity index (χ1) is 4.30. The van der Waals surface area contributed by atoms with Crippen molar-refractivity contribution in [3.05, 3.63) is 23.3 Å². The molecular formula is C5H5NO2S. The van der Waals surface area contributed by atoms with E-state index in [1.54, 1.807) is 18.4 Å². The Labute approximate surface area is 56.6 Å². The molecule has 0 fully saturated rings. The Morgan fingerprint density at radius 2 is 2.56 bits per heavy atom.